The van der Waals surface area contributed by atoms with Gasteiger partial charge in [0.1, 0.15) is 0 Å². The summed E-state index contributed by atoms with van der Waals surface area (Å²) < 4.78 is 0. The first kappa shape index (κ1) is 14.2. The molecule has 18 heavy (non-hydrogen) atoms. The lowest BCUT2D eigenvalue weighted by molar-refractivity contribution is 0.620. The Bertz CT molecular complexity index is 392. The molecule has 0 aromatic heterocycles. The molecule has 0 radical (unpaired) electrons. The Labute approximate surface area is 120 Å². The number of hydrogen-bond donors (Lipinski definition) is 1. The zero-order valence-corrected chi connectivity index (χ0v) is 12.4. The van der Waals surface area contributed by atoms with E-state index < -0.39 is 0 Å². The van der Waals surface area contributed by atoms with Crippen molar-refractivity contribution < 1.29 is 0 Å². The van der Waals surface area contributed by atoms with Crippen LogP contribution in [-0.4, -0.2) is 12.1 Å². The van der Waals surface area contributed by atoms with Crippen LogP contribution < -0.4 is 5.32 Å². The second kappa shape index (κ2) is 6.79. The predicted molar refractivity (Wildman–Crippen MR) is 79.6 cm³/mol. The summed E-state index contributed by atoms with van der Waals surface area (Å²) in [5.41, 5.74) is 1.28. The van der Waals surface area contributed by atoms with Gasteiger partial charge in [-0.3, -0.25) is 0 Å². The zero-order chi connectivity index (χ0) is 13.0. The van der Waals surface area contributed by atoms with Crippen LogP contribution in [0, 0.1) is 0 Å². The van der Waals surface area contributed by atoms with Crippen LogP contribution in [0.3, 0.4) is 0 Å². The quantitative estimate of drug-likeness (QED) is 0.562. The maximum Gasteiger partial charge on any atom is 0.0595 e. The highest BCUT2D eigenvalue weighted by Crippen LogP contribution is 2.26. The average Bonchev–Trinajstić information content (AvgIpc) is 3.08. The summed E-state index contributed by atoms with van der Waals surface area (Å²) in [6, 6.07) is 7.30. The van der Waals surface area contributed by atoms with Crippen LogP contribution in [0.5, 0.6) is 0 Å². The van der Waals surface area contributed by atoms with Crippen molar-refractivity contribution in [3.63, 3.8) is 0 Å². The van der Waals surface area contributed by atoms with Crippen LogP contribution in [0.1, 0.15) is 44.6 Å². The van der Waals surface area contributed by atoms with Gasteiger partial charge in [-0.05, 0) is 30.5 Å². The number of benzene rings is 1. The fourth-order valence-corrected chi connectivity index (χ4v) is 2.74. The number of rotatable bonds is 7. The highest BCUT2D eigenvalue weighted by Gasteiger charge is 2.34. The number of unbranched alkanes of at least 4 members (excludes halogenated alkanes) is 3. The molecule has 1 aromatic rings. The summed E-state index contributed by atoms with van der Waals surface area (Å²) in [4.78, 5) is 0. The van der Waals surface area contributed by atoms with Crippen LogP contribution in [0.4, 0.5) is 0 Å². The van der Waals surface area contributed by atoms with Crippen LogP contribution in [0.15, 0.2) is 18.2 Å². The minimum atomic E-state index is 0.639. The first-order valence-electron chi connectivity index (χ1n) is 6.90. The third-order valence-electron chi connectivity index (χ3n) is 3.61. The summed E-state index contributed by atoms with van der Waals surface area (Å²) in [5.74, 6) is 0. The van der Waals surface area contributed by atoms with Crippen LogP contribution in [0.2, 0.25) is 10.0 Å². The van der Waals surface area contributed by atoms with Gasteiger partial charge in [-0.1, -0.05) is 61.9 Å². The van der Waals surface area contributed by atoms with E-state index in [-0.39, 0.29) is 0 Å². The van der Waals surface area contributed by atoms with E-state index in [4.69, 9.17) is 23.2 Å². The van der Waals surface area contributed by atoms with Gasteiger partial charge in [0.2, 0.25) is 0 Å². The van der Waals surface area contributed by atoms with Crippen LogP contribution >= 0.6 is 23.2 Å². The molecule has 1 fully saturated rings. The van der Waals surface area contributed by atoms with Crippen molar-refractivity contribution >= 4 is 23.2 Å². The SMILES string of the molecule is CCCCCCC1NC1Cc1ccc(Cl)c(Cl)c1. The highest BCUT2D eigenvalue weighted by molar-refractivity contribution is 6.42. The number of hydrogen-bond acceptors (Lipinski definition) is 1. The summed E-state index contributed by atoms with van der Waals surface area (Å²) in [6.07, 6.45) is 7.77. The molecule has 1 aromatic carbocycles. The Morgan fingerprint density at radius 3 is 2.61 bits per heavy atom. The Hall–Kier alpha value is -0.240. The molecule has 1 nitrogen and oxygen atoms in total. The topological polar surface area (TPSA) is 21.9 Å². The van der Waals surface area contributed by atoms with Gasteiger partial charge in [0, 0.05) is 12.1 Å². The predicted octanol–water partition coefficient (Wildman–Crippen LogP) is 4.85. The fourth-order valence-electron chi connectivity index (χ4n) is 2.42. The summed E-state index contributed by atoms with van der Waals surface area (Å²) in [5, 5.41) is 4.85. The van der Waals surface area contributed by atoms with Gasteiger partial charge in [-0.25, -0.2) is 0 Å². The summed E-state index contributed by atoms with van der Waals surface area (Å²) in [7, 11) is 0. The van der Waals surface area contributed by atoms with Crippen molar-refractivity contribution in [2.45, 2.75) is 57.5 Å². The van der Waals surface area contributed by atoms with E-state index in [0.717, 1.165) is 12.5 Å². The molecule has 2 atom stereocenters. The number of halogens is 2. The van der Waals surface area contributed by atoms with Gasteiger partial charge in [0.25, 0.3) is 0 Å². The molecule has 0 amide bonds. The Balaban J connectivity index is 1.70. The third-order valence-corrected chi connectivity index (χ3v) is 4.35. The van der Waals surface area contributed by atoms with Crippen molar-refractivity contribution in [2.75, 3.05) is 0 Å². The minimum Gasteiger partial charge on any atom is -0.308 e. The summed E-state index contributed by atoms with van der Waals surface area (Å²) in [6.45, 7) is 2.25. The lowest BCUT2D eigenvalue weighted by Gasteiger charge is -2.02. The normalized spacial score (nSPS) is 22.2. The molecule has 1 aliphatic rings. The average molecular weight is 286 g/mol. The van der Waals surface area contributed by atoms with E-state index in [0.29, 0.717) is 16.1 Å². The van der Waals surface area contributed by atoms with E-state index in [1.165, 1.54) is 37.7 Å². The molecule has 3 heteroatoms. The van der Waals surface area contributed by atoms with E-state index in [2.05, 4.69) is 18.3 Å². The second-order valence-corrected chi connectivity index (χ2v) is 6.00. The molecule has 0 saturated carbocycles. The zero-order valence-electron chi connectivity index (χ0n) is 10.9. The molecule has 1 aliphatic heterocycles. The lowest BCUT2D eigenvalue weighted by atomic mass is 10.0. The maximum absolute atomic E-state index is 6.02. The van der Waals surface area contributed by atoms with Crippen LogP contribution in [0.25, 0.3) is 0 Å². The molecule has 0 aliphatic carbocycles. The standard InChI is InChI=1S/C15H21Cl2N/c1-2-3-4-5-6-14-15(18-14)10-11-7-8-12(16)13(17)9-11/h7-9,14-15,18H,2-6,10H2,1H3. The molecule has 0 bridgehead atoms. The highest BCUT2D eigenvalue weighted by atomic mass is 35.5. The van der Waals surface area contributed by atoms with Crippen molar-refractivity contribution in [3.8, 4) is 0 Å². The second-order valence-electron chi connectivity index (χ2n) is 5.18. The third kappa shape index (κ3) is 4.15. The fraction of sp³-hybridized carbons (Fsp3) is 0.600. The van der Waals surface area contributed by atoms with Gasteiger partial charge in [0.05, 0.1) is 10.0 Å². The van der Waals surface area contributed by atoms with Crippen molar-refractivity contribution in [1.82, 2.24) is 5.32 Å². The molecule has 0 spiro atoms. The Morgan fingerprint density at radius 2 is 1.89 bits per heavy atom. The van der Waals surface area contributed by atoms with E-state index in [1.54, 1.807) is 0 Å². The smallest absolute Gasteiger partial charge is 0.0595 e. The molecule has 2 rings (SSSR count). The minimum absolute atomic E-state index is 0.639. The van der Waals surface area contributed by atoms with Gasteiger partial charge < -0.3 is 5.32 Å². The van der Waals surface area contributed by atoms with Gasteiger partial charge in [-0.15, -0.1) is 0 Å². The van der Waals surface area contributed by atoms with Gasteiger partial charge >= 0.3 is 0 Å². The number of nitrogens with one attached hydrogen (secondary N) is 1. The molecule has 2 unspecified atom stereocenters. The van der Waals surface area contributed by atoms with E-state index >= 15 is 0 Å². The molecule has 1 saturated heterocycles. The lowest BCUT2D eigenvalue weighted by Crippen LogP contribution is -1.99. The maximum atomic E-state index is 6.02. The molecule has 100 valence electrons. The van der Waals surface area contributed by atoms with Crippen molar-refractivity contribution in [2.24, 2.45) is 0 Å². The molecule has 1 N–H and O–H groups in total. The van der Waals surface area contributed by atoms with Gasteiger partial charge in [-0.2, -0.15) is 0 Å². The molecular weight excluding hydrogens is 265 g/mol. The van der Waals surface area contributed by atoms with E-state index in [1.807, 2.05) is 12.1 Å². The largest absolute Gasteiger partial charge is 0.308 e. The molecule has 1 heterocycles. The monoisotopic (exact) mass is 285 g/mol. The first-order valence-corrected chi connectivity index (χ1v) is 7.66. The van der Waals surface area contributed by atoms with E-state index in [9.17, 15) is 0 Å². The van der Waals surface area contributed by atoms with Crippen molar-refractivity contribution in [3.05, 3.63) is 33.8 Å². The Morgan fingerprint density at radius 1 is 1.06 bits per heavy atom. The molecular formula is C15H21Cl2N. The summed E-state index contributed by atoms with van der Waals surface area (Å²) >= 11 is 11.9. The van der Waals surface area contributed by atoms with Crippen molar-refractivity contribution in [1.29, 1.82) is 0 Å². The Kier molecular flexibility index (Phi) is 5.35. The van der Waals surface area contributed by atoms with Crippen LogP contribution in [-0.2, 0) is 6.42 Å². The van der Waals surface area contributed by atoms with Gasteiger partial charge in [0.15, 0.2) is 0 Å². The first-order chi connectivity index (χ1) is 8.70.